The molecular formula is C26H20O4. The third-order valence-electron chi connectivity index (χ3n) is 5.10. The van der Waals surface area contributed by atoms with Crippen molar-refractivity contribution in [3.05, 3.63) is 112 Å². The molecule has 148 valence electrons. The van der Waals surface area contributed by atoms with Crippen molar-refractivity contribution in [2.45, 2.75) is 13.3 Å². The van der Waals surface area contributed by atoms with Gasteiger partial charge in [-0.15, -0.1) is 0 Å². The number of rotatable bonds is 6. The second-order valence-electron chi connectivity index (χ2n) is 7.01. The van der Waals surface area contributed by atoms with E-state index in [2.05, 4.69) is 0 Å². The van der Waals surface area contributed by atoms with Gasteiger partial charge in [0.25, 0.3) is 0 Å². The first kappa shape index (κ1) is 19.5. The monoisotopic (exact) mass is 396 g/mol. The lowest BCUT2D eigenvalue weighted by molar-refractivity contribution is 0.0926. The molecule has 1 aliphatic rings. The molecule has 0 amide bonds. The molecule has 0 atom stereocenters. The highest BCUT2D eigenvalue weighted by Crippen LogP contribution is 2.31. The van der Waals surface area contributed by atoms with Crippen LogP contribution in [0.15, 0.2) is 90.0 Å². The van der Waals surface area contributed by atoms with Crippen LogP contribution in [0.3, 0.4) is 0 Å². The molecule has 3 aromatic rings. The number of hydrogen-bond acceptors (Lipinski definition) is 4. The zero-order chi connectivity index (χ0) is 21.1. The van der Waals surface area contributed by atoms with Crippen LogP contribution in [0.1, 0.15) is 43.6 Å². The quantitative estimate of drug-likeness (QED) is 0.440. The van der Waals surface area contributed by atoms with E-state index in [1.807, 2.05) is 31.2 Å². The Morgan fingerprint density at radius 2 is 1.37 bits per heavy atom. The molecular weight excluding hydrogens is 376 g/mol. The molecule has 0 saturated heterocycles. The number of allylic oxidation sites excluding steroid dienone is 2. The summed E-state index contributed by atoms with van der Waals surface area (Å²) < 4.78 is 5.47. The van der Waals surface area contributed by atoms with Crippen molar-refractivity contribution in [3.63, 3.8) is 0 Å². The predicted octanol–water partition coefficient (Wildman–Crippen LogP) is 4.89. The fraction of sp³-hybridized carbons (Fsp3) is 0.115. The fourth-order valence-electron chi connectivity index (χ4n) is 3.64. The van der Waals surface area contributed by atoms with Gasteiger partial charge in [-0.05, 0) is 24.6 Å². The summed E-state index contributed by atoms with van der Waals surface area (Å²) in [6.07, 6.45) is 0.194. The van der Waals surface area contributed by atoms with E-state index in [0.717, 1.165) is 11.3 Å². The topological polar surface area (TPSA) is 60.4 Å². The summed E-state index contributed by atoms with van der Waals surface area (Å²) in [6.45, 7) is 2.47. The molecule has 0 spiro atoms. The number of Topliss-reactive ketones (excluding diaryl/α,β-unsaturated/α-hetero) is 3. The van der Waals surface area contributed by atoms with Crippen LogP contribution in [0.25, 0.3) is 0 Å². The molecule has 30 heavy (non-hydrogen) atoms. The minimum absolute atomic E-state index is 0.0428. The standard InChI is InChI=1S/C26H20O4/c1-2-30-19-14-12-17(13-15-19)16-22-23(24(27)18-8-4-3-5-9-18)26(29)21-11-7-6-10-20(21)25(22)28/h3-15H,2,16H2,1H3. The normalized spacial score (nSPS) is 13.2. The minimum atomic E-state index is -0.426. The van der Waals surface area contributed by atoms with Crippen molar-refractivity contribution in [2.24, 2.45) is 0 Å². The lowest BCUT2D eigenvalue weighted by atomic mass is 9.79. The SMILES string of the molecule is CCOc1ccc(CC2=C(C(=O)c3ccccc3)C(=O)c3ccccc3C2=O)cc1. The molecule has 1 aliphatic carbocycles. The van der Waals surface area contributed by atoms with Crippen LogP contribution < -0.4 is 4.74 Å². The number of ketones is 3. The van der Waals surface area contributed by atoms with Crippen LogP contribution in [0.4, 0.5) is 0 Å². The van der Waals surface area contributed by atoms with Gasteiger partial charge in [0.1, 0.15) is 5.75 Å². The Hall–Kier alpha value is -3.79. The van der Waals surface area contributed by atoms with Gasteiger partial charge in [-0.3, -0.25) is 14.4 Å². The number of hydrogen-bond donors (Lipinski definition) is 0. The number of carbonyl (C=O) groups is 3. The molecule has 0 aromatic heterocycles. The van der Waals surface area contributed by atoms with E-state index in [4.69, 9.17) is 4.74 Å². The summed E-state index contributed by atoms with van der Waals surface area (Å²) in [7, 11) is 0. The number of fused-ring (bicyclic) bond motifs is 1. The largest absolute Gasteiger partial charge is 0.494 e. The maximum Gasteiger partial charge on any atom is 0.198 e. The Kier molecular flexibility index (Phi) is 5.40. The van der Waals surface area contributed by atoms with Gasteiger partial charge in [-0.2, -0.15) is 0 Å². The average molecular weight is 396 g/mol. The van der Waals surface area contributed by atoms with Crippen LogP contribution >= 0.6 is 0 Å². The molecule has 4 rings (SSSR count). The Bertz CT molecular complexity index is 1160. The highest BCUT2D eigenvalue weighted by atomic mass is 16.5. The van der Waals surface area contributed by atoms with Gasteiger partial charge >= 0.3 is 0 Å². The first-order chi connectivity index (χ1) is 14.6. The zero-order valence-corrected chi connectivity index (χ0v) is 16.6. The molecule has 0 heterocycles. The third kappa shape index (κ3) is 3.60. The summed E-state index contributed by atoms with van der Waals surface area (Å²) >= 11 is 0. The van der Waals surface area contributed by atoms with Crippen LogP contribution in [0, 0.1) is 0 Å². The van der Waals surface area contributed by atoms with Gasteiger partial charge in [0, 0.05) is 28.7 Å². The summed E-state index contributed by atoms with van der Waals surface area (Å²) in [6, 6.07) is 22.6. The second-order valence-corrected chi connectivity index (χ2v) is 7.01. The van der Waals surface area contributed by atoms with Crippen LogP contribution in [-0.4, -0.2) is 24.0 Å². The number of ether oxygens (including phenoxy) is 1. The van der Waals surface area contributed by atoms with Crippen LogP contribution in [-0.2, 0) is 6.42 Å². The maximum atomic E-state index is 13.3. The summed E-state index contributed by atoms with van der Waals surface area (Å²) in [5, 5.41) is 0. The molecule has 0 radical (unpaired) electrons. The smallest absolute Gasteiger partial charge is 0.198 e. The van der Waals surface area contributed by atoms with Crippen molar-refractivity contribution in [3.8, 4) is 5.75 Å². The van der Waals surface area contributed by atoms with Crippen LogP contribution in [0.2, 0.25) is 0 Å². The second kappa shape index (κ2) is 8.29. The highest BCUT2D eigenvalue weighted by molar-refractivity contribution is 6.39. The van der Waals surface area contributed by atoms with Crippen molar-refractivity contribution in [1.82, 2.24) is 0 Å². The van der Waals surface area contributed by atoms with E-state index in [1.54, 1.807) is 54.6 Å². The van der Waals surface area contributed by atoms with Gasteiger partial charge in [0.2, 0.25) is 0 Å². The van der Waals surface area contributed by atoms with E-state index in [-0.39, 0.29) is 28.9 Å². The first-order valence-electron chi connectivity index (χ1n) is 9.83. The van der Waals surface area contributed by atoms with Crippen molar-refractivity contribution >= 4 is 17.3 Å². The van der Waals surface area contributed by atoms with Gasteiger partial charge in [0.05, 0.1) is 12.2 Å². The molecule has 0 bridgehead atoms. The van der Waals surface area contributed by atoms with Gasteiger partial charge < -0.3 is 4.74 Å². The molecule has 0 N–H and O–H groups in total. The molecule has 0 saturated carbocycles. The highest BCUT2D eigenvalue weighted by Gasteiger charge is 2.35. The zero-order valence-electron chi connectivity index (χ0n) is 16.6. The Morgan fingerprint density at radius 3 is 2.00 bits per heavy atom. The molecule has 0 unspecified atom stereocenters. The van der Waals surface area contributed by atoms with Crippen LogP contribution in [0.5, 0.6) is 5.75 Å². The molecule has 3 aromatic carbocycles. The Balaban J connectivity index is 1.81. The molecule has 0 fully saturated rings. The Labute approximate surface area is 174 Å². The van der Waals surface area contributed by atoms with E-state index >= 15 is 0 Å². The van der Waals surface area contributed by atoms with Gasteiger partial charge in [-0.1, -0.05) is 66.7 Å². The van der Waals surface area contributed by atoms with Gasteiger partial charge in [0.15, 0.2) is 17.3 Å². The fourth-order valence-corrected chi connectivity index (χ4v) is 3.64. The Morgan fingerprint density at radius 1 is 0.767 bits per heavy atom. The lowest BCUT2D eigenvalue weighted by Gasteiger charge is -2.20. The molecule has 0 aliphatic heterocycles. The van der Waals surface area contributed by atoms with E-state index in [1.165, 1.54) is 0 Å². The lowest BCUT2D eigenvalue weighted by Crippen LogP contribution is -2.27. The number of carbonyl (C=O) groups excluding carboxylic acids is 3. The van der Waals surface area contributed by atoms with E-state index < -0.39 is 11.6 Å². The van der Waals surface area contributed by atoms with Crippen molar-refractivity contribution < 1.29 is 19.1 Å². The molecule has 4 heteroatoms. The average Bonchev–Trinajstić information content (AvgIpc) is 2.79. The molecule has 4 nitrogen and oxygen atoms in total. The summed E-state index contributed by atoms with van der Waals surface area (Å²) in [4.78, 5) is 39.8. The van der Waals surface area contributed by atoms with Gasteiger partial charge in [-0.25, -0.2) is 0 Å². The van der Waals surface area contributed by atoms with Crippen molar-refractivity contribution in [1.29, 1.82) is 0 Å². The van der Waals surface area contributed by atoms with Crippen molar-refractivity contribution in [2.75, 3.05) is 6.61 Å². The van der Waals surface area contributed by atoms with E-state index in [0.29, 0.717) is 17.7 Å². The third-order valence-corrected chi connectivity index (χ3v) is 5.10. The maximum absolute atomic E-state index is 13.3. The predicted molar refractivity (Wildman–Crippen MR) is 114 cm³/mol. The summed E-state index contributed by atoms with van der Waals surface area (Å²) in [5.74, 6) is -0.380. The van der Waals surface area contributed by atoms with E-state index in [9.17, 15) is 14.4 Å². The minimum Gasteiger partial charge on any atom is -0.494 e. The number of benzene rings is 3. The first-order valence-corrected chi connectivity index (χ1v) is 9.83. The summed E-state index contributed by atoms with van der Waals surface area (Å²) in [5.41, 5.74) is 2.02.